The van der Waals surface area contributed by atoms with Gasteiger partial charge in [0.2, 0.25) is 11.0 Å². The Balaban J connectivity index is 1.76. The predicted octanol–water partition coefficient (Wildman–Crippen LogP) is 1.99. The summed E-state index contributed by atoms with van der Waals surface area (Å²) in [6, 6.07) is 0.408. The first-order chi connectivity index (χ1) is 9.06. The molecule has 2 fully saturated rings. The molecular formula is C12H17BrN4OS. The molecule has 104 valence electrons. The van der Waals surface area contributed by atoms with E-state index in [0.717, 1.165) is 22.1 Å². The third-order valence-corrected chi connectivity index (χ3v) is 5.80. The van der Waals surface area contributed by atoms with Gasteiger partial charge in [0.05, 0.1) is 0 Å². The van der Waals surface area contributed by atoms with E-state index in [2.05, 4.69) is 31.0 Å². The van der Waals surface area contributed by atoms with Gasteiger partial charge >= 0.3 is 0 Å². The van der Waals surface area contributed by atoms with Crippen LogP contribution in [-0.4, -0.2) is 47.2 Å². The number of hydrogen-bond acceptors (Lipinski definition) is 5. The summed E-state index contributed by atoms with van der Waals surface area (Å²) in [5.41, 5.74) is 0. The number of rotatable bonds is 2. The molecule has 1 aliphatic carbocycles. The topological polar surface area (TPSA) is 49.3 Å². The fourth-order valence-corrected chi connectivity index (χ4v) is 4.62. The Labute approximate surface area is 125 Å². The van der Waals surface area contributed by atoms with Crippen LogP contribution < -0.4 is 4.90 Å². The van der Waals surface area contributed by atoms with Crippen molar-refractivity contribution in [2.45, 2.75) is 25.8 Å². The summed E-state index contributed by atoms with van der Waals surface area (Å²) in [6.07, 6.45) is 2.42. The number of carbonyl (C=O) groups excluding carboxylic acids is 1. The van der Waals surface area contributed by atoms with Gasteiger partial charge in [-0.3, -0.25) is 4.79 Å². The minimum Gasteiger partial charge on any atom is -0.346 e. The molecule has 19 heavy (non-hydrogen) atoms. The SMILES string of the molecule is CC(=O)N(C)C1[C@@H]2CC[C@H]1CN(c1nnc(Br)s1)C2. The predicted molar refractivity (Wildman–Crippen MR) is 78.3 cm³/mol. The van der Waals surface area contributed by atoms with Crippen LogP contribution >= 0.6 is 27.3 Å². The van der Waals surface area contributed by atoms with Crippen molar-refractivity contribution in [2.24, 2.45) is 11.8 Å². The second-order valence-corrected chi connectivity index (χ2v) is 7.69. The first kappa shape index (κ1) is 13.3. The van der Waals surface area contributed by atoms with Crippen molar-refractivity contribution in [3.63, 3.8) is 0 Å². The maximum absolute atomic E-state index is 11.6. The van der Waals surface area contributed by atoms with Gasteiger partial charge in [0.15, 0.2) is 3.92 Å². The van der Waals surface area contributed by atoms with E-state index in [1.807, 2.05) is 11.9 Å². The molecule has 1 unspecified atom stereocenters. The Morgan fingerprint density at radius 3 is 2.47 bits per heavy atom. The van der Waals surface area contributed by atoms with Crippen LogP contribution in [0.1, 0.15) is 19.8 Å². The second-order valence-electron chi connectivity index (χ2n) is 5.46. The van der Waals surface area contributed by atoms with Crippen LogP contribution in [0.5, 0.6) is 0 Å². The first-order valence-electron chi connectivity index (χ1n) is 6.53. The first-order valence-corrected chi connectivity index (χ1v) is 8.14. The van der Waals surface area contributed by atoms with Crippen molar-refractivity contribution in [3.05, 3.63) is 3.92 Å². The van der Waals surface area contributed by atoms with Gasteiger partial charge in [-0.15, -0.1) is 10.2 Å². The van der Waals surface area contributed by atoms with Gasteiger partial charge in [-0.25, -0.2) is 0 Å². The Hall–Kier alpha value is -0.690. The number of hydrogen-bond donors (Lipinski definition) is 0. The minimum atomic E-state index is 0.175. The van der Waals surface area contributed by atoms with Crippen molar-refractivity contribution < 1.29 is 4.79 Å². The van der Waals surface area contributed by atoms with Crippen LogP contribution in [0.3, 0.4) is 0 Å². The van der Waals surface area contributed by atoms with Crippen molar-refractivity contribution in [1.82, 2.24) is 15.1 Å². The van der Waals surface area contributed by atoms with E-state index in [0.29, 0.717) is 17.9 Å². The molecule has 0 spiro atoms. The van der Waals surface area contributed by atoms with Gasteiger partial charge in [0, 0.05) is 33.1 Å². The molecule has 1 aliphatic heterocycles. The van der Waals surface area contributed by atoms with E-state index in [4.69, 9.17) is 0 Å². The molecule has 0 aromatic carbocycles. The molecule has 7 heteroatoms. The summed E-state index contributed by atoms with van der Waals surface area (Å²) in [5, 5.41) is 9.23. The number of carbonyl (C=O) groups is 1. The van der Waals surface area contributed by atoms with Crippen molar-refractivity contribution >= 4 is 38.3 Å². The molecule has 3 rings (SSSR count). The van der Waals surface area contributed by atoms with E-state index in [1.165, 1.54) is 12.8 Å². The molecule has 2 bridgehead atoms. The highest BCUT2D eigenvalue weighted by Crippen LogP contribution is 2.41. The number of piperidine rings is 1. The van der Waals surface area contributed by atoms with Gasteiger partial charge in [0.1, 0.15) is 0 Å². The summed E-state index contributed by atoms with van der Waals surface area (Å²) in [7, 11) is 1.94. The molecule has 0 radical (unpaired) electrons. The standard InChI is InChI=1S/C12H17BrN4OS/c1-7(18)16(2)10-8-3-4-9(10)6-17(5-8)12-15-14-11(13)19-12/h8-10H,3-6H2,1-2H3/t8-,9+,10?. The van der Waals surface area contributed by atoms with Crippen LogP contribution in [-0.2, 0) is 4.79 Å². The highest BCUT2D eigenvalue weighted by Gasteiger charge is 2.45. The molecule has 2 heterocycles. The Morgan fingerprint density at radius 1 is 1.37 bits per heavy atom. The third kappa shape index (κ3) is 2.38. The molecule has 1 aromatic heterocycles. The van der Waals surface area contributed by atoms with E-state index in [-0.39, 0.29) is 5.91 Å². The highest BCUT2D eigenvalue weighted by molar-refractivity contribution is 9.11. The van der Waals surface area contributed by atoms with E-state index in [9.17, 15) is 4.79 Å². The lowest BCUT2D eigenvalue weighted by Gasteiger charge is -2.41. The normalized spacial score (nSPS) is 29.6. The quantitative estimate of drug-likeness (QED) is 0.823. The maximum Gasteiger partial charge on any atom is 0.219 e. The maximum atomic E-state index is 11.6. The van der Waals surface area contributed by atoms with Crippen LogP contribution in [0.15, 0.2) is 3.92 Å². The summed E-state index contributed by atoms with van der Waals surface area (Å²) in [6.45, 7) is 3.63. The number of anilines is 1. The van der Waals surface area contributed by atoms with Crippen LogP contribution in [0.2, 0.25) is 0 Å². The number of nitrogens with zero attached hydrogens (tertiary/aromatic N) is 4. The third-order valence-electron chi connectivity index (χ3n) is 4.39. The van der Waals surface area contributed by atoms with Crippen molar-refractivity contribution in [3.8, 4) is 0 Å². The molecule has 1 saturated heterocycles. The van der Waals surface area contributed by atoms with Gasteiger partial charge in [0.25, 0.3) is 0 Å². The fraction of sp³-hybridized carbons (Fsp3) is 0.750. The number of fused-ring (bicyclic) bond motifs is 2. The summed E-state index contributed by atoms with van der Waals surface area (Å²) < 4.78 is 0.831. The van der Waals surface area contributed by atoms with Gasteiger partial charge in [-0.05, 0) is 40.6 Å². The molecule has 1 saturated carbocycles. The fourth-order valence-electron chi connectivity index (χ4n) is 3.52. The van der Waals surface area contributed by atoms with Crippen LogP contribution in [0.4, 0.5) is 5.13 Å². The smallest absolute Gasteiger partial charge is 0.219 e. The number of halogens is 1. The lowest BCUT2D eigenvalue weighted by atomic mass is 9.91. The lowest BCUT2D eigenvalue weighted by molar-refractivity contribution is -0.131. The Kier molecular flexibility index (Phi) is 3.51. The average Bonchev–Trinajstić information content (AvgIpc) is 2.90. The molecule has 1 amide bonds. The van der Waals surface area contributed by atoms with Crippen molar-refractivity contribution in [1.29, 1.82) is 0 Å². The number of aromatic nitrogens is 2. The Morgan fingerprint density at radius 2 is 2.00 bits per heavy atom. The zero-order valence-corrected chi connectivity index (χ0v) is 13.4. The summed E-state index contributed by atoms with van der Waals surface area (Å²) in [4.78, 5) is 15.9. The lowest BCUT2D eigenvalue weighted by Crippen LogP contribution is -2.52. The second kappa shape index (κ2) is 5.01. The van der Waals surface area contributed by atoms with Crippen LogP contribution in [0, 0.1) is 11.8 Å². The molecule has 5 nitrogen and oxygen atoms in total. The summed E-state index contributed by atoms with van der Waals surface area (Å²) in [5.74, 6) is 1.31. The van der Waals surface area contributed by atoms with E-state index in [1.54, 1.807) is 18.3 Å². The summed E-state index contributed by atoms with van der Waals surface area (Å²) >= 11 is 4.95. The zero-order chi connectivity index (χ0) is 13.6. The molecular weight excluding hydrogens is 328 g/mol. The average molecular weight is 345 g/mol. The zero-order valence-electron chi connectivity index (χ0n) is 11.0. The van der Waals surface area contributed by atoms with Crippen LogP contribution in [0.25, 0.3) is 0 Å². The largest absolute Gasteiger partial charge is 0.346 e. The molecule has 2 aliphatic rings. The minimum absolute atomic E-state index is 0.175. The molecule has 1 aromatic rings. The molecule has 0 N–H and O–H groups in total. The highest BCUT2D eigenvalue weighted by atomic mass is 79.9. The van der Waals surface area contributed by atoms with Gasteiger partial charge in [-0.2, -0.15) is 0 Å². The number of amides is 1. The van der Waals surface area contributed by atoms with E-state index < -0.39 is 0 Å². The van der Waals surface area contributed by atoms with E-state index >= 15 is 0 Å². The Bertz CT molecular complexity index is 480. The van der Waals surface area contributed by atoms with Crippen molar-refractivity contribution in [2.75, 3.05) is 25.0 Å². The van der Waals surface area contributed by atoms with Gasteiger partial charge in [-0.1, -0.05) is 11.3 Å². The molecule has 3 atom stereocenters. The van der Waals surface area contributed by atoms with Gasteiger partial charge < -0.3 is 9.80 Å². The monoisotopic (exact) mass is 344 g/mol.